The van der Waals surface area contributed by atoms with Gasteiger partial charge in [-0.2, -0.15) is 0 Å². The fraction of sp³-hybridized carbons (Fsp3) is 0.350. The van der Waals surface area contributed by atoms with Crippen molar-refractivity contribution in [3.05, 3.63) is 53.1 Å². The van der Waals surface area contributed by atoms with Gasteiger partial charge >= 0.3 is 0 Å². The van der Waals surface area contributed by atoms with Crippen LogP contribution in [-0.2, 0) is 11.2 Å². The Hall–Kier alpha value is -2.20. The van der Waals surface area contributed by atoms with E-state index in [1.54, 1.807) is 0 Å². The molecule has 2 aliphatic heterocycles. The molecule has 1 N–H and O–H groups in total. The Morgan fingerprint density at radius 3 is 2.84 bits per heavy atom. The molecule has 2 heterocycles. The molecule has 4 nitrogen and oxygen atoms in total. The molecule has 0 unspecified atom stereocenters. The minimum Gasteiger partial charge on any atom is -0.492 e. The molecule has 0 spiro atoms. The maximum Gasteiger partial charge on any atom is 0.231 e. The summed E-state index contributed by atoms with van der Waals surface area (Å²) in [6, 6.07) is 13.6. The van der Waals surface area contributed by atoms with Gasteiger partial charge in [0.2, 0.25) is 5.91 Å². The molecule has 4 rings (SSSR count). The van der Waals surface area contributed by atoms with Crippen LogP contribution in [0.3, 0.4) is 0 Å². The lowest BCUT2D eigenvalue weighted by molar-refractivity contribution is -0.121. The lowest BCUT2D eigenvalue weighted by Gasteiger charge is -2.25. The molecule has 0 bridgehead atoms. The van der Waals surface area contributed by atoms with Crippen LogP contribution >= 0.6 is 11.6 Å². The summed E-state index contributed by atoms with van der Waals surface area (Å²) in [5.41, 5.74) is 3.00. The molecular formula is C20H21ClN2O2. The first-order valence-corrected chi connectivity index (χ1v) is 9.14. The minimum absolute atomic E-state index is 0.0100. The summed E-state index contributed by atoms with van der Waals surface area (Å²) in [4.78, 5) is 15.0. The van der Waals surface area contributed by atoms with E-state index in [1.165, 1.54) is 18.5 Å². The second-order valence-corrected chi connectivity index (χ2v) is 7.13. The molecule has 5 heteroatoms. The highest BCUT2D eigenvalue weighted by Gasteiger charge is 2.26. The van der Waals surface area contributed by atoms with Crippen molar-refractivity contribution in [2.75, 3.05) is 29.9 Å². The zero-order chi connectivity index (χ0) is 17.2. The Kier molecular flexibility index (Phi) is 4.53. The van der Waals surface area contributed by atoms with Crippen LogP contribution in [0, 0.1) is 5.92 Å². The van der Waals surface area contributed by atoms with Gasteiger partial charge in [-0.15, -0.1) is 0 Å². The van der Waals surface area contributed by atoms with Gasteiger partial charge in [0.1, 0.15) is 12.4 Å². The standard InChI is InChI=1S/C20H21ClN2O2/c21-16-6-7-19-14(11-16)10-15(13-25-19)20(24)22-17-4-3-5-18(12-17)23-8-1-2-9-23/h3-7,11-12,15H,1-2,8-10,13H2,(H,22,24)/t15-/m0/s1. The number of carbonyl (C=O) groups excluding carboxylic acids is 1. The Labute approximate surface area is 152 Å². The fourth-order valence-electron chi connectivity index (χ4n) is 3.53. The lowest BCUT2D eigenvalue weighted by Crippen LogP contribution is -2.32. The minimum atomic E-state index is -0.207. The van der Waals surface area contributed by atoms with E-state index in [0.29, 0.717) is 18.1 Å². The highest BCUT2D eigenvalue weighted by molar-refractivity contribution is 6.30. The summed E-state index contributed by atoms with van der Waals surface area (Å²) in [5, 5.41) is 3.71. The Bertz CT molecular complexity index is 787. The number of ether oxygens (including phenoxy) is 1. The van der Waals surface area contributed by atoms with Gasteiger partial charge in [-0.05, 0) is 61.2 Å². The van der Waals surface area contributed by atoms with E-state index in [0.717, 1.165) is 30.1 Å². The number of benzene rings is 2. The van der Waals surface area contributed by atoms with Crippen molar-refractivity contribution in [2.45, 2.75) is 19.3 Å². The fourth-order valence-corrected chi connectivity index (χ4v) is 3.73. The third-order valence-electron chi connectivity index (χ3n) is 4.88. The second kappa shape index (κ2) is 6.96. The van der Waals surface area contributed by atoms with E-state index in [1.807, 2.05) is 30.3 Å². The summed E-state index contributed by atoms with van der Waals surface area (Å²) in [6.45, 7) is 2.57. The average molecular weight is 357 g/mol. The third kappa shape index (κ3) is 3.59. The van der Waals surface area contributed by atoms with Crippen molar-refractivity contribution in [3.8, 4) is 5.75 Å². The molecule has 0 aromatic heterocycles. The average Bonchev–Trinajstić information content (AvgIpc) is 3.16. The molecule has 2 aromatic rings. The molecule has 1 amide bonds. The summed E-state index contributed by atoms with van der Waals surface area (Å²) >= 11 is 6.05. The van der Waals surface area contributed by atoms with Crippen LogP contribution in [0.1, 0.15) is 18.4 Å². The van der Waals surface area contributed by atoms with Crippen LogP contribution < -0.4 is 15.0 Å². The highest BCUT2D eigenvalue weighted by Crippen LogP contribution is 2.30. The Morgan fingerprint density at radius 2 is 2.00 bits per heavy atom. The number of nitrogens with one attached hydrogen (secondary N) is 1. The molecule has 0 saturated carbocycles. The molecule has 130 valence electrons. The van der Waals surface area contributed by atoms with Gasteiger partial charge in [0, 0.05) is 29.5 Å². The molecule has 2 aromatic carbocycles. The van der Waals surface area contributed by atoms with E-state index in [2.05, 4.69) is 22.3 Å². The Morgan fingerprint density at radius 1 is 1.16 bits per heavy atom. The van der Waals surface area contributed by atoms with Gasteiger partial charge in [0.25, 0.3) is 0 Å². The van der Waals surface area contributed by atoms with E-state index < -0.39 is 0 Å². The summed E-state index contributed by atoms with van der Waals surface area (Å²) in [6.07, 6.45) is 3.11. The molecule has 0 radical (unpaired) electrons. The molecule has 2 aliphatic rings. The SMILES string of the molecule is O=C(Nc1cccc(N2CCCC2)c1)[C@@H]1COc2ccc(Cl)cc2C1. The first-order valence-electron chi connectivity index (χ1n) is 8.76. The largest absolute Gasteiger partial charge is 0.492 e. The number of fused-ring (bicyclic) bond motifs is 1. The smallest absolute Gasteiger partial charge is 0.231 e. The predicted molar refractivity (Wildman–Crippen MR) is 101 cm³/mol. The van der Waals surface area contributed by atoms with Crippen LogP contribution in [0.5, 0.6) is 5.75 Å². The van der Waals surface area contributed by atoms with Gasteiger partial charge in [-0.25, -0.2) is 0 Å². The second-order valence-electron chi connectivity index (χ2n) is 6.70. The zero-order valence-corrected chi connectivity index (χ0v) is 14.8. The van der Waals surface area contributed by atoms with Crippen molar-refractivity contribution in [2.24, 2.45) is 5.92 Å². The molecular weight excluding hydrogens is 336 g/mol. The summed E-state index contributed by atoms with van der Waals surface area (Å²) in [7, 11) is 0. The van der Waals surface area contributed by atoms with Crippen molar-refractivity contribution in [1.29, 1.82) is 0 Å². The van der Waals surface area contributed by atoms with E-state index >= 15 is 0 Å². The normalized spacial score (nSPS) is 19.2. The van der Waals surface area contributed by atoms with Crippen molar-refractivity contribution in [3.63, 3.8) is 0 Å². The quantitative estimate of drug-likeness (QED) is 0.899. The van der Waals surface area contributed by atoms with Crippen molar-refractivity contribution in [1.82, 2.24) is 0 Å². The van der Waals surface area contributed by atoms with Gasteiger partial charge in [-0.1, -0.05) is 17.7 Å². The molecule has 1 fully saturated rings. The van der Waals surface area contributed by atoms with Crippen LogP contribution in [-0.4, -0.2) is 25.6 Å². The maximum atomic E-state index is 12.7. The van der Waals surface area contributed by atoms with Crippen molar-refractivity contribution < 1.29 is 9.53 Å². The number of halogens is 1. The number of anilines is 2. The lowest BCUT2D eigenvalue weighted by atomic mass is 9.96. The number of rotatable bonds is 3. The van der Waals surface area contributed by atoms with Crippen LogP contribution in [0.2, 0.25) is 5.02 Å². The van der Waals surface area contributed by atoms with Crippen molar-refractivity contribution >= 4 is 28.9 Å². The summed E-state index contributed by atoms with van der Waals surface area (Å²) < 4.78 is 5.73. The van der Waals surface area contributed by atoms with Crippen LogP contribution in [0.25, 0.3) is 0 Å². The van der Waals surface area contributed by atoms with Gasteiger partial charge < -0.3 is 15.0 Å². The predicted octanol–water partition coefficient (Wildman–Crippen LogP) is 4.13. The molecule has 1 atom stereocenters. The topological polar surface area (TPSA) is 41.6 Å². The first-order chi connectivity index (χ1) is 12.2. The maximum absolute atomic E-state index is 12.7. The molecule has 25 heavy (non-hydrogen) atoms. The van der Waals surface area contributed by atoms with Gasteiger partial charge in [0.05, 0.1) is 5.92 Å². The molecule has 1 saturated heterocycles. The first kappa shape index (κ1) is 16.3. The molecule has 0 aliphatic carbocycles. The number of amides is 1. The summed E-state index contributed by atoms with van der Waals surface area (Å²) in [5.74, 6) is 0.607. The number of carbonyl (C=O) groups is 1. The number of nitrogens with zero attached hydrogens (tertiary/aromatic N) is 1. The van der Waals surface area contributed by atoms with E-state index in [9.17, 15) is 4.79 Å². The highest BCUT2D eigenvalue weighted by atomic mass is 35.5. The third-order valence-corrected chi connectivity index (χ3v) is 5.12. The van der Waals surface area contributed by atoms with E-state index in [4.69, 9.17) is 16.3 Å². The van der Waals surface area contributed by atoms with Gasteiger partial charge in [-0.3, -0.25) is 4.79 Å². The number of hydrogen-bond donors (Lipinski definition) is 1. The monoisotopic (exact) mass is 356 g/mol. The zero-order valence-electron chi connectivity index (χ0n) is 14.0. The van der Waals surface area contributed by atoms with Gasteiger partial charge in [0.15, 0.2) is 0 Å². The number of hydrogen-bond acceptors (Lipinski definition) is 3. The van der Waals surface area contributed by atoms with Crippen LogP contribution in [0.4, 0.5) is 11.4 Å². The Balaban J connectivity index is 1.45. The van der Waals surface area contributed by atoms with E-state index in [-0.39, 0.29) is 11.8 Å². The van der Waals surface area contributed by atoms with Crippen LogP contribution in [0.15, 0.2) is 42.5 Å².